The maximum Gasteiger partial charge on any atom is 0.134 e. The van der Waals surface area contributed by atoms with Crippen molar-refractivity contribution in [2.45, 2.75) is 0 Å². The fraction of sp³-hybridized carbons (Fsp3) is 0. The summed E-state index contributed by atoms with van der Waals surface area (Å²) in [6.07, 6.45) is 0. The molecule has 18 heavy (non-hydrogen) atoms. The molecule has 0 atom stereocenters. The fourth-order valence-corrected chi connectivity index (χ4v) is 4.37. The van der Waals surface area contributed by atoms with Crippen LogP contribution in [0.3, 0.4) is 0 Å². The molecular formula is C13H7Br2NS2. The molecule has 5 heteroatoms. The van der Waals surface area contributed by atoms with Gasteiger partial charge in [0.1, 0.15) is 5.01 Å². The lowest BCUT2D eigenvalue weighted by Crippen LogP contribution is -1.79. The van der Waals surface area contributed by atoms with E-state index in [-0.39, 0.29) is 0 Å². The second-order valence-corrected chi connectivity index (χ2v) is 7.80. The molecule has 0 aliphatic carbocycles. The summed E-state index contributed by atoms with van der Waals surface area (Å²) < 4.78 is 2.21. The molecule has 0 bridgehead atoms. The van der Waals surface area contributed by atoms with Crippen LogP contribution in [-0.2, 0) is 0 Å². The van der Waals surface area contributed by atoms with Crippen LogP contribution in [0.1, 0.15) is 0 Å². The molecule has 0 amide bonds. The van der Waals surface area contributed by atoms with Crippen molar-refractivity contribution in [3.8, 4) is 21.1 Å². The van der Waals surface area contributed by atoms with Crippen LogP contribution >= 0.6 is 54.5 Å². The van der Waals surface area contributed by atoms with Crippen LogP contribution in [0.2, 0.25) is 0 Å². The van der Waals surface area contributed by atoms with Gasteiger partial charge in [0.15, 0.2) is 0 Å². The standard InChI is InChI=1S/C13H7Br2NS2/c14-9-4-2-1-3-8(9)10-7-17-13(16-10)11-5-6-12(15)18-11/h1-7H. The Morgan fingerprint density at radius 1 is 1.00 bits per heavy atom. The Hall–Kier alpha value is -0.490. The van der Waals surface area contributed by atoms with Crippen molar-refractivity contribution in [1.29, 1.82) is 0 Å². The number of rotatable bonds is 2. The van der Waals surface area contributed by atoms with E-state index >= 15 is 0 Å². The monoisotopic (exact) mass is 399 g/mol. The molecule has 2 heterocycles. The molecule has 0 spiro atoms. The van der Waals surface area contributed by atoms with Gasteiger partial charge in [-0.15, -0.1) is 22.7 Å². The average Bonchev–Trinajstić information content (AvgIpc) is 2.98. The van der Waals surface area contributed by atoms with E-state index in [1.54, 1.807) is 22.7 Å². The van der Waals surface area contributed by atoms with Gasteiger partial charge in [-0.2, -0.15) is 0 Å². The maximum absolute atomic E-state index is 4.70. The lowest BCUT2D eigenvalue weighted by Gasteiger charge is -1.98. The fourth-order valence-electron chi connectivity index (χ4n) is 1.61. The second-order valence-electron chi connectivity index (χ2n) is 3.62. The second kappa shape index (κ2) is 5.25. The maximum atomic E-state index is 4.70. The Balaban J connectivity index is 2.02. The van der Waals surface area contributed by atoms with Crippen molar-refractivity contribution in [1.82, 2.24) is 4.98 Å². The van der Waals surface area contributed by atoms with E-state index in [1.165, 1.54) is 4.88 Å². The first-order valence-corrected chi connectivity index (χ1v) is 8.48. The molecule has 0 radical (unpaired) electrons. The minimum absolute atomic E-state index is 1.02. The molecule has 0 N–H and O–H groups in total. The first kappa shape index (κ1) is 12.5. The van der Waals surface area contributed by atoms with Crippen molar-refractivity contribution in [3.63, 3.8) is 0 Å². The molecule has 2 aromatic heterocycles. The van der Waals surface area contributed by atoms with E-state index in [1.807, 2.05) is 18.2 Å². The van der Waals surface area contributed by atoms with Crippen molar-refractivity contribution >= 4 is 54.5 Å². The summed E-state index contributed by atoms with van der Waals surface area (Å²) in [5.74, 6) is 0. The number of aromatic nitrogens is 1. The van der Waals surface area contributed by atoms with Crippen molar-refractivity contribution in [2.75, 3.05) is 0 Å². The zero-order valence-electron chi connectivity index (χ0n) is 9.06. The van der Waals surface area contributed by atoms with E-state index in [4.69, 9.17) is 4.98 Å². The van der Waals surface area contributed by atoms with E-state index in [9.17, 15) is 0 Å². The Morgan fingerprint density at radius 2 is 1.83 bits per heavy atom. The smallest absolute Gasteiger partial charge is 0.134 e. The van der Waals surface area contributed by atoms with Crippen LogP contribution in [0.25, 0.3) is 21.1 Å². The van der Waals surface area contributed by atoms with Crippen molar-refractivity contribution in [2.24, 2.45) is 0 Å². The summed E-state index contributed by atoms with van der Waals surface area (Å²) in [7, 11) is 0. The highest BCUT2D eigenvalue weighted by Crippen LogP contribution is 2.36. The topological polar surface area (TPSA) is 12.9 Å². The Bertz CT molecular complexity index is 688. The van der Waals surface area contributed by atoms with Gasteiger partial charge in [-0.25, -0.2) is 4.98 Å². The largest absolute Gasteiger partial charge is 0.235 e. The minimum atomic E-state index is 1.02. The number of nitrogens with zero attached hydrogens (tertiary/aromatic N) is 1. The first-order valence-electron chi connectivity index (χ1n) is 5.20. The van der Waals surface area contributed by atoms with Crippen molar-refractivity contribution < 1.29 is 0 Å². The lowest BCUT2D eigenvalue weighted by atomic mass is 10.2. The normalized spacial score (nSPS) is 10.8. The number of benzene rings is 1. The summed E-state index contributed by atoms with van der Waals surface area (Å²) >= 11 is 10.4. The number of hydrogen-bond donors (Lipinski definition) is 0. The zero-order valence-corrected chi connectivity index (χ0v) is 13.9. The summed E-state index contributed by atoms with van der Waals surface area (Å²) in [6, 6.07) is 12.3. The predicted octanol–water partition coefficient (Wildman–Crippen LogP) is 6.06. The SMILES string of the molecule is Brc1ccc(-c2nc(-c3ccccc3Br)cs2)s1. The van der Waals surface area contributed by atoms with E-state index in [0.717, 1.165) is 24.5 Å². The third-order valence-corrected chi connectivity index (χ3v) is 5.76. The zero-order chi connectivity index (χ0) is 12.5. The highest BCUT2D eigenvalue weighted by Gasteiger charge is 2.10. The van der Waals surface area contributed by atoms with Gasteiger partial charge in [0.25, 0.3) is 0 Å². The molecule has 1 aromatic carbocycles. The summed E-state index contributed by atoms with van der Waals surface area (Å²) in [5, 5.41) is 3.17. The summed E-state index contributed by atoms with van der Waals surface area (Å²) in [5.41, 5.74) is 2.16. The van der Waals surface area contributed by atoms with Gasteiger partial charge >= 0.3 is 0 Å². The quantitative estimate of drug-likeness (QED) is 0.509. The molecule has 3 aromatic rings. The van der Waals surface area contributed by atoms with Crippen LogP contribution in [0.4, 0.5) is 0 Å². The minimum Gasteiger partial charge on any atom is -0.235 e. The van der Waals surface area contributed by atoms with Gasteiger partial charge in [-0.1, -0.05) is 34.1 Å². The van der Waals surface area contributed by atoms with Crippen LogP contribution < -0.4 is 0 Å². The number of thiophene rings is 1. The number of hydrogen-bond acceptors (Lipinski definition) is 3. The van der Waals surface area contributed by atoms with Crippen LogP contribution in [0.5, 0.6) is 0 Å². The van der Waals surface area contributed by atoms with Crippen LogP contribution in [0.15, 0.2) is 50.0 Å². The highest BCUT2D eigenvalue weighted by molar-refractivity contribution is 9.11. The highest BCUT2D eigenvalue weighted by atomic mass is 79.9. The molecule has 3 rings (SSSR count). The van der Waals surface area contributed by atoms with Gasteiger partial charge < -0.3 is 0 Å². The Kier molecular flexibility index (Phi) is 3.66. The van der Waals surface area contributed by atoms with Gasteiger partial charge in [0, 0.05) is 15.4 Å². The molecular weight excluding hydrogens is 394 g/mol. The molecule has 1 nitrogen and oxygen atoms in total. The molecule has 0 aliphatic rings. The molecule has 90 valence electrons. The predicted molar refractivity (Wildman–Crippen MR) is 86.3 cm³/mol. The Labute approximate surface area is 130 Å². The number of thiazole rings is 1. The third-order valence-electron chi connectivity index (χ3n) is 2.44. The van der Waals surface area contributed by atoms with E-state index < -0.39 is 0 Å². The summed E-state index contributed by atoms with van der Waals surface area (Å²) in [4.78, 5) is 5.90. The number of halogens is 2. The molecule has 0 fully saturated rings. The van der Waals surface area contributed by atoms with Gasteiger partial charge in [-0.05, 0) is 34.1 Å². The molecule has 0 saturated heterocycles. The molecule has 0 aliphatic heterocycles. The Morgan fingerprint density at radius 3 is 2.56 bits per heavy atom. The van der Waals surface area contributed by atoms with Gasteiger partial charge in [0.05, 0.1) is 14.4 Å². The average molecular weight is 401 g/mol. The van der Waals surface area contributed by atoms with Crippen molar-refractivity contribution in [3.05, 3.63) is 50.0 Å². The van der Waals surface area contributed by atoms with Gasteiger partial charge in [0.2, 0.25) is 0 Å². The van der Waals surface area contributed by atoms with Crippen LogP contribution in [-0.4, -0.2) is 4.98 Å². The van der Waals surface area contributed by atoms with Gasteiger partial charge in [-0.3, -0.25) is 0 Å². The van der Waals surface area contributed by atoms with E-state index in [0.29, 0.717) is 0 Å². The van der Waals surface area contributed by atoms with E-state index in [2.05, 4.69) is 55.4 Å². The molecule has 0 saturated carbocycles. The van der Waals surface area contributed by atoms with Crippen LogP contribution in [0, 0.1) is 0 Å². The summed E-state index contributed by atoms with van der Waals surface area (Å²) in [6.45, 7) is 0. The third kappa shape index (κ3) is 2.45. The lowest BCUT2D eigenvalue weighted by molar-refractivity contribution is 1.41. The molecule has 0 unspecified atom stereocenters. The first-order chi connectivity index (χ1) is 8.74.